The Morgan fingerprint density at radius 1 is 1.42 bits per heavy atom. The number of rotatable bonds is 4. The number of carboxylic acids is 2. The second kappa shape index (κ2) is 4.61. The standard InChI is InChI=1S/C11H15N3O5/c1-11(2,10(17)18)14-8(6-4-3-5-19-6)7(9(15)16)12-13-14/h6H,3-5H2,1-2H3,(H,15,16)(H,17,18). The summed E-state index contributed by atoms with van der Waals surface area (Å²) in [7, 11) is 0. The molecular weight excluding hydrogens is 254 g/mol. The average Bonchev–Trinajstić information content (AvgIpc) is 2.97. The highest BCUT2D eigenvalue weighted by atomic mass is 16.5. The quantitative estimate of drug-likeness (QED) is 0.824. The fraction of sp³-hybridized carbons (Fsp3) is 0.636. The number of carbonyl (C=O) groups is 2. The number of carboxylic acid groups (broad SMARTS) is 2. The highest BCUT2D eigenvalue weighted by molar-refractivity contribution is 5.87. The maximum atomic E-state index is 11.3. The number of aromatic carboxylic acids is 1. The second-order valence-corrected chi connectivity index (χ2v) is 4.91. The lowest BCUT2D eigenvalue weighted by Gasteiger charge is -2.23. The van der Waals surface area contributed by atoms with Crippen LogP contribution in [-0.4, -0.2) is 43.8 Å². The maximum absolute atomic E-state index is 11.3. The van der Waals surface area contributed by atoms with Gasteiger partial charge in [0.05, 0.1) is 0 Å². The topological polar surface area (TPSA) is 115 Å². The third-order valence-electron chi connectivity index (χ3n) is 3.20. The minimum atomic E-state index is -1.39. The van der Waals surface area contributed by atoms with E-state index in [1.807, 2.05) is 0 Å². The highest BCUT2D eigenvalue weighted by Gasteiger charge is 2.39. The number of hydrogen-bond donors (Lipinski definition) is 2. The van der Waals surface area contributed by atoms with Crippen LogP contribution < -0.4 is 0 Å². The fourth-order valence-electron chi connectivity index (χ4n) is 2.03. The Morgan fingerprint density at radius 2 is 2.11 bits per heavy atom. The Labute approximate surface area is 109 Å². The molecule has 0 aliphatic carbocycles. The van der Waals surface area contributed by atoms with Gasteiger partial charge in [0, 0.05) is 6.61 Å². The van der Waals surface area contributed by atoms with Crippen molar-refractivity contribution in [3.63, 3.8) is 0 Å². The summed E-state index contributed by atoms with van der Waals surface area (Å²) in [5, 5.41) is 25.6. The van der Waals surface area contributed by atoms with E-state index in [-0.39, 0.29) is 11.4 Å². The molecule has 8 nitrogen and oxygen atoms in total. The molecule has 0 spiro atoms. The molecule has 1 unspecified atom stereocenters. The third kappa shape index (κ3) is 2.19. The molecule has 19 heavy (non-hydrogen) atoms. The van der Waals surface area contributed by atoms with Crippen molar-refractivity contribution >= 4 is 11.9 Å². The number of aliphatic carboxylic acids is 1. The summed E-state index contributed by atoms with van der Waals surface area (Å²) >= 11 is 0. The average molecular weight is 269 g/mol. The zero-order chi connectivity index (χ0) is 14.2. The van der Waals surface area contributed by atoms with Gasteiger partial charge >= 0.3 is 11.9 Å². The van der Waals surface area contributed by atoms with Crippen molar-refractivity contribution in [3.05, 3.63) is 11.4 Å². The number of nitrogens with zero attached hydrogens (tertiary/aromatic N) is 3. The van der Waals surface area contributed by atoms with E-state index in [1.165, 1.54) is 13.8 Å². The van der Waals surface area contributed by atoms with Gasteiger partial charge in [-0.15, -0.1) is 5.10 Å². The van der Waals surface area contributed by atoms with E-state index in [4.69, 9.17) is 9.84 Å². The molecular formula is C11H15N3O5. The van der Waals surface area contributed by atoms with Gasteiger partial charge in [0.2, 0.25) is 0 Å². The maximum Gasteiger partial charge on any atom is 0.358 e. The van der Waals surface area contributed by atoms with Gasteiger partial charge in [-0.25, -0.2) is 14.3 Å². The molecule has 1 saturated heterocycles. The van der Waals surface area contributed by atoms with Gasteiger partial charge in [-0.05, 0) is 26.7 Å². The van der Waals surface area contributed by atoms with Crippen LogP contribution in [0.25, 0.3) is 0 Å². The minimum absolute atomic E-state index is 0.220. The van der Waals surface area contributed by atoms with Crippen molar-refractivity contribution in [3.8, 4) is 0 Å². The molecule has 2 rings (SSSR count). The summed E-state index contributed by atoms with van der Waals surface area (Å²) in [4.78, 5) is 22.5. The molecule has 104 valence electrons. The van der Waals surface area contributed by atoms with E-state index in [2.05, 4.69) is 10.3 Å². The predicted molar refractivity (Wildman–Crippen MR) is 61.9 cm³/mol. The van der Waals surface area contributed by atoms with Crippen molar-refractivity contribution < 1.29 is 24.5 Å². The minimum Gasteiger partial charge on any atom is -0.479 e. The van der Waals surface area contributed by atoms with Crippen LogP contribution in [0.1, 0.15) is 49.0 Å². The summed E-state index contributed by atoms with van der Waals surface area (Å²) in [6.45, 7) is 3.39. The van der Waals surface area contributed by atoms with Crippen LogP contribution in [-0.2, 0) is 15.1 Å². The molecule has 0 saturated carbocycles. The van der Waals surface area contributed by atoms with Gasteiger partial charge in [-0.1, -0.05) is 5.21 Å². The normalized spacial score (nSPS) is 19.6. The van der Waals surface area contributed by atoms with Crippen LogP contribution >= 0.6 is 0 Å². The molecule has 8 heteroatoms. The van der Waals surface area contributed by atoms with Crippen LogP contribution in [0.3, 0.4) is 0 Å². The molecule has 0 aromatic carbocycles. The molecule has 1 aliphatic rings. The summed E-state index contributed by atoms with van der Waals surface area (Å²) in [6, 6.07) is 0. The van der Waals surface area contributed by atoms with E-state index in [1.54, 1.807) is 0 Å². The van der Waals surface area contributed by atoms with E-state index in [0.29, 0.717) is 13.0 Å². The lowest BCUT2D eigenvalue weighted by molar-refractivity contribution is -0.146. The predicted octanol–water partition coefficient (Wildman–Crippen LogP) is 0.647. The second-order valence-electron chi connectivity index (χ2n) is 4.91. The monoisotopic (exact) mass is 269 g/mol. The first-order chi connectivity index (χ1) is 8.85. The summed E-state index contributed by atoms with van der Waals surface area (Å²) in [5.74, 6) is -2.36. The Hall–Kier alpha value is -1.96. The van der Waals surface area contributed by atoms with E-state index >= 15 is 0 Å². The molecule has 1 aliphatic heterocycles. The van der Waals surface area contributed by atoms with Crippen LogP contribution in [0.4, 0.5) is 0 Å². The molecule has 1 atom stereocenters. The lowest BCUT2D eigenvalue weighted by Crippen LogP contribution is -2.38. The Balaban J connectivity index is 2.55. The van der Waals surface area contributed by atoms with E-state index < -0.39 is 23.6 Å². The molecule has 0 radical (unpaired) electrons. The summed E-state index contributed by atoms with van der Waals surface area (Å²) in [5.41, 5.74) is -1.42. The van der Waals surface area contributed by atoms with Crippen molar-refractivity contribution in [2.75, 3.05) is 6.61 Å². The molecule has 2 heterocycles. The van der Waals surface area contributed by atoms with E-state index in [0.717, 1.165) is 11.1 Å². The van der Waals surface area contributed by atoms with Gasteiger partial charge in [0.25, 0.3) is 0 Å². The van der Waals surface area contributed by atoms with Crippen LogP contribution in [0.2, 0.25) is 0 Å². The Morgan fingerprint density at radius 3 is 2.58 bits per heavy atom. The van der Waals surface area contributed by atoms with Crippen molar-refractivity contribution in [2.45, 2.75) is 38.3 Å². The summed E-state index contributed by atoms with van der Waals surface area (Å²) < 4.78 is 6.58. The molecule has 1 fully saturated rings. The third-order valence-corrected chi connectivity index (χ3v) is 3.20. The van der Waals surface area contributed by atoms with Crippen molar-refractivity contribution in [2.24, 2.45) is 0 Å². The number of aromatic nitrogens is 3. The summed E-state index contributed by atoms with van der Waals surface area (Å²) in [6.07, 6.45) is 0.950. The number of hydrogen-bond acceptors (Lipinski definition) is 5. The van der Waals surface area contributed by atoms with Crippen molar-refractivity contribution in [1.82, 2.24) is 15.0 Å². The van der Waals surface area contributed by atoms with E-state index in [9.17, 15) is 14.7 Å². The van der Waals surface area contributed by atoms with Gasteiger partial charge in [-0.3, -0.25) is 0 Å². The van der Waals surface area contributed by atoms with Crippen molar-refractivity contribution in [1.29, 1.82) is 0 Å². The zero-order valence-electron chi connectivity index (χ0n) is 10.7. The SMILES string of the molecule is CC(C)(C(=O)O)n1nnc(C(=O)O)c1C1CCCO1. The van der Waals surface area contributed by atoms with Gasteiger partial charge in [0.1, 0.15) is 11.8 Å². The molecule has 0 amide bonds. The van der Waals surface area contributed by atoms with Gasteiger partial charge in [-0.2, -0.15) is 0 Å². The molecule has 2 N–H and O–H groups in total. The Bertz CT molecular complexity index is 516. The Kier molecular flexibility index (Phi) is 3.27. The zero-order valence-corrected chi connectivity index (χ0v) is 10.7. The number of ether oxygens (including phenoxy) is 1. The van der Waals surface area contributed by atoms with Crippen LogP contribution in [0.15, 0.2) is 0 Å². The fourth-order valence-corrected chi connectivity index (χ4v) is 2.03. The van der Waals surface area contributed by atoms with Crippen LogP contribution in [0.5, 0.6) is 0 Å². The first kappa shape index (κ1) is 13.5. The van der Waals surface area contributed by atoms with Crippen LogP contribution in [0, 0.1) is 0 Å². The smallest absolute Gasteiger partial charge is 0.358 e. The molecule has 1 aromatic rings. The molecule has 0 bridgehead atoms. The highest BCUT2D eigenvalue weighted by Crippen LogP contribution is 2.32. The first-order valence-corrected chi connectivity index (χ1v) is 5.90. The van der Waals surface area contributed by atoms with Gasteiger partial charge < -0.3 is 14.9 Å². The first-order valence-electron chi connectivity index (χ1n) is 5.90. The van der Waals surface area contributed by atoms with Gasteiger partial charge in [0.15, 0.2) is 11.2 Å². The lowest BCUT2D eigenvalue weighted by atomic mass is 10.0. The molecule has 1 aromatic heterocycles. The largest absolute Gasteiger partial charge is 0.479 e.